The summed E-state index contributed by atoms with van der Waals surface area (Å²) in [4.78, 5) is 2.20. The third-order valence-electron chi connectivity index (χ3n) is 4.69. The van der Waals surface area contributed by atoms with Crippen molar-refractivity contribution in [2.45, 2.75) is 31.2 Å². The molecule has 1 aliphatic heterocycles. The van der Waals surface area contributed by atoms with E-state index in [2.05, 4.69) is 29.2 Å². The summed E-state index contributed by atoms with van der Waals surface area (Å²) in [7, 11) is 0. The Morgan fingerprint density at radius 3 is 1.96 bits per heavy atom. The first kappa shape index (κ1) is 18.1. The third-order valence-corrected chi connectivity index (χ3v) is 4.69. The van der Waals surface area contributed by atoms with Crippen LogP contribution in [0, 0.1) is 0 Å². The van der Waals surface area contributed by atoms with Crippen molar-refractivity contribution in [3.8, 4) is 0 Å². The molecule has 0 aromatic heterocycles. The topological polar surface area (TPSA) is 52.9 Å². The smallest absolute Gasteiger partial charge is 0.108 e. The Labute approximate surface area is 149 Å². The first-order valence-electron chi connectivity index (χ1n) is 9.02. The van der Waals surface area contributed by atoms with Crippen LogP contribution in [0.15, 0.2) is 60.7 Å². The molecule has 0 saturated carbocycles. The maximum atomic E-state index is 10.4. The molecule has 0 spiro atoms. The van der Waals surface area contributed by atoms with Gasteiger partial charge in [-0.25, -0.2) is 0 Å². The summed E-state index contributed by atoms with van der Waals surface area (Å²) in [6.45, 7) is 2.54. The second kappa shape index (κ2) is 9.11. The maximum absolute atomic E-state index is 10.4. The molecule has 25 heavy (non-hydrogen) atoms. The Hall–Kier alpha value is -1.72. The van der Waals surface area contributed by atoms with Crippen LogP contribution in [0.25, 0.3) is 0 Å². The highest BCUT2D eigenvalue weighted by atomic mass is 16.5. The molecule has 2 aromatic carbocycles. The standard InChI is InChI=1S/C21H27NO3/c23-19-11-13-22(14-12-19)15-20(24)16-25-21(17-7-3-1-4-8-17)18-9-5-2-6-10-18/h1-10,19-21,23-24H,11-16H2. The van der Waals surface area contributed by atoms with Gasteiger partial charge in [0.25, 0.3) is 0 Å². The molecule has 0 aliphatic carbocycles. The number of likely N-dealkylation sites (tertiary alicyclic amines) is 1. The Bertz CT molecular complexity index is 572. The van der Waals surface area contributed by atoms with E-state index in [1.54, 1.807) is 0 Å². The van der Waals surface area contributed by atoms with E-state index in [9.17, 15) is 10.2 Å². The van der Waals surface area contributed by atoms with E-state index in [4.69, 9.17) is 4.74 Å². The zero-order chi connectivity index (χ0) is 17.5. The van der Waals surface area contributed by atoms with Gasteiger partial charge < -0.3 is 19.8 Å². The number of aliphatic hydroxyl groups excluding tert-OH is 2. The lowest BCUT2D eigenvalue weighted by Gasteiger charge is -2.31. The zero-order valence-corrected chi connectivity index (χ0v) is 14.5. The van der Waals surface area contributed by atoms with Gasteiger partial charge >= 0.3 is 0 Å². The molecule has 0 amide bonds. The number of rotatable bonds is 7. The van der Waals surface area contributed by atoms with Crippen molar-refractivity contribution in [2.75, 3.05) is 26.2 Å². The van der Waals surface area contributed by atoms with Gasteiger partial charge in [-0.1, -0.05) is 60.7 Å². The lowest BCUT2D eigenvalue weighted by molar-refractivity contribution is -0.0169. The lowest BCUT2D eigenvalue weighted by atomic mass is 10.0. The number of piperidine rings is 1. The van der Waals surface area contributed by atoms with E-state index < -0.39 is 6.10 Å². The second-order valence-corrected chi connectivity index (χ2v) is 6.72. The van der Waals surface area contributed by atoms with Crippen molar-refractivity contribution in [1.82, 2.24) is 4.90 Å². The van der Waals surface area contributed by atoms with Crippen molar-refractivity contribution in [1.29, 1.82) is 0 Å². The van der Waals surface area contributed by atoms with Gasteiger partial charge in [0, 0.05) is 19.6 Å². The van der Waals surface area contributed by atoms with Gasteiger partial charge in [0.05, 0.1) is 18.8 Å². The fraction of sp³-hybridized carbons (Fsp3) is 0.429. The molecular weight excluding hydrogens is 314 g/mol. The second-order valence-electron chi connectivity index (χ2n) is 6.72. The summed E-state index contributed by atoms with van der Waals surface area (Å²) in [6, 6.07) is 20.2. The molecule has 0 bridgehead atoms. The Morgan fingerprint density at radius 2 is 1.44 bits per heavy atom. The summed E-state index contributed by atoms with van der Waals surface area (Å²) in [6.07, 6.45) is 0.657. The van der Waals surface area contributed by atoms with Crippen molar-refractivity contribution >= 4 is 0 Å². The number of aliphatic hydroxyl groups is 2. The first-order valence-corrected chi connectivity index (χ1v) is 9.02. The number of β-amino-alcohol motifs (C(OH)–C–C–N with tert-alkyl or cyclic N) is 1. The monoisotopic (exact) mass is 341 g/mol. The fourth-order valence-corrected chi connectivity index (χ4v) is 3.30. The fourth-order valence-electron chi connectivity index (χ4n) is 3.30. The van der Waals surface area contributed by atoms with E-state index in [1.165, 1.54) is 0 Å². The van der Waals surface area contributed by atoms with Crippen LogP contribution in [0.1, 0.15) is 30.1 Å². The van der Waals surface area contributed by atoms with Crippen LogP contribution in [0.4, 0.5) is 0 Å². The van der Waals surface area contributed by atoms with Gasteiger partial charge in [-0.3, -0.25) is 0 Å². The van der Waals surface area contributed by atoms with Gasteiger partial charge in [-0.2, -0.15) is 0 Å². The highest BCUT2D eigenvalue weighted by Gasteiger charge is 2.21. The third kappa shape index (κ3) is 5.38. The highest BCUT2D eigenvalue weighted by Crippen LogP contribution is 2.26. The van der Waals surface area contributed by atoms with Crippen molar-refractivity contribution in [3.63, 3.8) is 0 Å². The van der Waals surface area contributed by atoms with E-state index in [0.717, 1.165) is 37.1 Å². The van der Waals surface area contributed by atoms with Crippen LogP contribution in [0.2, 0.25) is 0 Å². The van der Waals surface area contributed by atoms with Crippen LogP contribution in [0.5, 0.6) is 0 Å². The van der Waals surface area contributed by atoms with Gasteiger partial charge in [-0.15, -0.1) is 0 Å². The molecule has 2 aromatic rings. The number of hydrogen-bond donors (Lipinski definition) is 2. The van der Waals surface area contributed by atoms with Gasteiger partial charge in [-0.05, 0) is 24.0 Å². The maximum Gasteiger partial charge on any atom is 0.108 e. The molecule has 1 fully saturated rings. The molecule has 0 radical (unpaired) electrons. The average molecular weight is 341 g/mol. The summed E-state index contributed by atoms with van der Waals surface area (Å²) in [5.41, 5.74) is 2.17. The SMILES string of the molecule is OC1CCN(CC(O)COC(c2ccccc2)c2ccccc2)CC1. The molecule has 2 N–H and O–H groups in total. The van der Waals surface area contributed by atoms with Crippen molar-refractivity contribution in [3.05, 3.63) is 71.8 Å². The average Bonchev–Trinajstić information content (AvgIpc) is 2.66. The Balaban J connectivity index is 1.59. The van der Waals surface area contributed by atoms with E-state index in [-0.39, 0.29) is 18.8 Å². The molecular formula is C21H27NO3. The normalized spacial score (nSPS) is 17.7. The quantitative estimate of drug-likeness (QED) is 0.813. The minimum absolute atomic E-state index is 0.180. The minimum atomic E-state index is -0.537. The molecule has 1 saturated heterocycles. The van der Waals surface area contributed by atoms with E-state index >= 15 is 0 Å². The molecule has 1 heterocycles. The van der Waals surface area contributed by atoms with Gasteiger partial charge in [0.15, 0.2) is 0 Å². The number of benzene rings is 2. The van der Waals surface area contributed by atoms with Crippen molar-refractivity contribution < 1.29 is 14.9 Å². The number of ether oxygens (including phenoxy) is 1. The largest absolute Gasteiger partial charge is 0.393 e. The van der Waals surface area contributed by atoms with Crippen LogP contribution in [0.3, 0.4) is 0 Å². The van der Waals surface area contributed by atoms with Gasteiger partial charge in [0.1, 0.15) is 6.10 Å². The summed E-state index contributed by atoms with van der Waals surface area (Å²) in [5, 5.41) is 20.0. The minimum Gasteiger partial charge on any atom is -0.393 e. The zero-order valence-electron chi connectivity index (χ0n) is 14.5. The van der Waals surface area contributed by atoms with Crippen LogP contribution < -0.4 is 0 Å². The molecule has 1 aliphatic rings. The molecule has 4 heteroatoms. The highest BCUT2D eigenvalue weighted by molar-refractivity contribution is 5.29. The molecule has 3 rings (SSSR count). The van der Waals surface area contributed by atoms with E-state index in [1.807, 2.05) is 36.4 Å². The molecule has 1 atom stereocenters. The summed E-state index contributed by atoms with van der Waals surface area (Å²) < 4.78 is 6.11. The molecule has 1 unspecified atom stereocenters. The number of hydrogen-bond acceptors (Lipinski definition) is 4. The Morgan fingerprint density at radius 1 is 0.920 bits per heavy atom. The molecule has 4 nitrogen and oxygen atoms in total. The van der Waals surface area contributed by atoms with Crippen LogP contribution in [-0.4, -0.2) is 53.6 Å². The van der Waals surface area contributed by atoms with E-state index in [0.29, 0.717) is 6.54 Å². The van der Waals surface area contributed by atoms with Crippen LogP contribution >= 0.6 is 0 Å². The predicted octanol–water partition coefficient (Wildman–Crippen LogP) is 2.61. The lowest BCUT2D eigenvalue weighted by Crippen LogP contribution is -2.41. The number of nitrogens with zero attached hydrogens (tertiary/aromatic N) is 1. The summed E-state index contributed by atoms with van der Waals surface area (Å²) >= 11 is 0. The van der Waals surface area contributed by atoms with Crippen LogP contribution in [-0.2, 0) is 4.74 Å². The van der Waals surface area contributed by atoms with Gasteiger partial charge in [0.2, 0.25) is 0 Å². The molecule has 134 valence electrons. The summed E-state index contributed by atoms with van der Waals surface area (Å²) in [5.74, 6) is 0. The first-order chi connectivity index (χ1) is 12.2. The van der Waals surface area contributed by atoms with Crippen molar-refractivity contribution in [2.24, 2.45) is 0 Å². The Kier molecular flexibility index (Phi) is 6.59. The predicted molar refractivity (Wildman–Crippen MR) is 98.4 cm³/mol.